The van der Waals surface area contributed by atoms with E-state index in [1.807, 2.05) is 13.8 Å². The number of hydrogen-bond donors (Lipinski definition) is 0. The van der Waals surface area contributed by atoms with E-state index in [1.54, 1.807) is 0 Å². The zero-order valence-electron chi connectivity index (χ0n) is 11.6. The third kappa shape index (κ3) is 3.76. The summed E-state index contributed by atoms with van der Waals surface area (Å²) in [7, 11) is 0. The Balaban J connectivity index is 1.88. The molecule has 1 aliphatic heterocycles. The van der Waals surface area contributed by atoms with E-state index in [2.05, 4.69) is 15.0 Å². The average Bonchev–Trinajstić information content (AvgIpc) is 2.87. The molecular formula is C13H21N3O3. The third-order valence-corrected chi connectivity index (χ3v) is 3.30. The summed E-state index contributed by atoms with van der Waals surface area (Å²) in [6.07, 6.45) is 2.65. The minimum Gasteiger partial charge on any atom is -0.466 e. The SMILES string of the molecule is CCOC(=O)[C@@H]1CCCN(Cc2noc(CC)n2)C1. The van der Waals surface area contributed by atoms with Crippen molar-refractivity contribution in [3.8, 4) is 0 Å². The van der Waals surface area contributed by atoms with E-state index in [1.165, 1.54) is 0 Å². The summed E-state index contributed by atoms with van der Waals surface area (Å²) in [5.41, 5.74) is 0. The lowest BCUT2D eigenvalue weighted by Gasteiger charge is -2.30. The molecule has 6 nitrogen and oxygen atoms in total. The normalized spacial score (nSPS) is 20.4. The van der Waals surface area contributed by atoms with E-state index < -0.39 is 0 Å². The number of rotatable bonds is 5. The Labute approximate surface area is 113 Å². The molecule has 2 heterocycles. The van der Waals surface area contributed by atoms with Crippen molar-refractivity contribution in [2.45, 2.75) is 39.7 Å². The Bertz CT molecular complexity index is 419. The maximum atomic E-state index is 11.7. The van der Waals surface area contributed by atoms with Crippen molar-refractivity contribution in [3.05, 3.63) is 11.7 Å². The smallest absolute Gasteiger partial charge is 0.310 e. The van der Waals surface area contributed by atoms with Crippen molar-refractivity contribution < 1.29 is 14.1 Å². The van der Waals surface area contributed by atoms with Gasteiger partial charge in [-0.25, -0.2) is 0 Å². The second kappa shape index (κ2) is 6.65. The number of likely N-dealkylation sites (tertiary alicyclic amines) is 1. The lowest BCUT2D eigenvalue weighted by molar-refractivity contribution is -0.150. The van der Waals surface area contributed by atoms with Gasteiger partial charge in [-0.3, -0.25) is 9.69 Å². The molecule has 0 spiro atoms. The summed E-state index contributed by atoms with van der Waals surface area (Å²) in [4.78, 5) is 18.2. The first-order valence-electron chi connectivity index (χ1n) is 6.93. The zero-order chi connectivity index (χ0) is 13.7. The molecule has 6 heteroatoms. The highest BCUT2D eigenvalue weighted by molar-refractivity contribution is 5.72. The maximum absolute atomic E-state index is 11.7. The molecule has 2 rings (SSSR count). The van der Waals surface area contributed by atoms with Crippen LogP contribution in [0.2, 0.25) is 0 Å². The summed E-state index contributed by atoms with van der Waals surface area (Å²) >= 11 is 0. The van der Waals surface area contributed by atoms with Gasteiger partial charge in [0.1, 0.15) is 0 Å². The van der Waals surface area contributed by atoms with Crippen molar-refractivity contribution in [1.82, 2.24) is 15.0 Å². The van der Waals surface area contributed by atoms with Crippen LogP contribution in [0.1, 0.15) is 38.4 Å². The quantitative estimate of drug-likeness (QED) is 0.751. The molecule has 0 N–H and O–H groups in total. The summed E-state index contributed by atoms with van der Waals surface area (Å²) in [6.45, 7) is 6.58. The molecule has 0 bridgehead atoms. The first-order valence-corrected chi connectivity index (χ1v) is 6.93. The number of ether oxygens (including phenoxy) is 1. The highest BCUT2D eigenvalue weighted by Gasteiger charge is 2.27. The summed E-state index contributed by atoms with van der Waals surface area (Å²) in [5.74, 6) is 1.25. The van der Waals surface area contributed by atoms with E-state index in [4.69, 9.17) is 9.26 Å². The van der Waals surface area contributed by atoms with Crippen LogP contribution in [0.25, 0.3) is 0 Å². The van der Waals surface area contributed by atoms with Crippen molar-refractivity contribution in [3.63, 3.8) is 0 Å². The van der Waals surface area contributed by atoms with Gasteiger partial charge in [-0.15, -0.1) is 0 Å². The van der Waals surface area contributed by atoms with E-state index in [0.29, 0.717) is 24.9 Å². The van der Waals surface area contributed by atoms with Crippen LogP contribution >= 0.6 is 0 Å². The molecule has 106 valence electrons. The van der Waals surface area contributed by atoms with Crippen molar-refractivity contribution in [1.29, 1.82) is 0 Å². The Morgan fingerprint density at radius 1 is 1.53 bits per heavy atom. The van der Waals surface area contributed by atoms with Crippen LogP contribution in [0.5, 0.6) is 0 Å². The second-order valence-electron chi connectivity index (χ2n) is 4.78. The predicted molar refractivity (Wildman–Crippen MR) is 68.3 cm³/mol. The van der Waals surface area contributed by atoms with Gasteiger partial charge >= 0.3 is 5.97 Å². The number of carbonyl (C=O) groups is 1. The predicted octanol–water partition coefficient (Wildman–Crippen LogP) is 1.41. The number of aromatic nitrogens is 2. The number of piperidine rings is 1. The number of carbonyl (C=O) groups excluding carboxylic acids is 1. The molecule has 1 fully saturated rings. The third-order valence-electron chi connectivity index (χ3n) is 3.30. The molecule has 1 atom stereocenters. The Kier molecular flexibility index (Phi) is 4.90. The minimum absolute atomic E-state index is 0.0220. The molecule has 0 aliphatic carbocycles. The molecule has 1 aliphatic rings. The number of aryl methyl sites for hydroxylation is 1. The lowest BCUT2D eigenvalue weighted by Crippen LogP contribution is -2.39. The number of nitrogens with zero attached hydrogens (tertiary/aromatic N) is 3. The molecule has 1 aromatic rings. The first-order chi connectivity index (χ1) is 9.22. The largest absolute Gasteiger partial charge is 0.466 e. The molecular weight excluding hydrogens is 246 g/mol. The molecule has 1 aromatic heterocycles. The molecule has 19 heavy (non-hydrogen) atoms. The van der Waals surface area contributed by atoms with Gasteiger partial charge < -0.3 is 9.26 Å². The van der Waals surface area contributed by atoms with Crippen molar-refractivity contribution in [2.75, 3.05) is 19.7 Å². The van der Waals surface area contributed by atoms with Crippen LogP contribution in [0, 0.1) is 5.92 Å². The number of esters is 1. The average molecular weight is 267 g/mol. The van der Waals surface area contributed by atoms with Crippen LogP contribution in [0.3, 0.4) is 0 Å². The fourth-order valence-corrected chi connectivity index (χ4v) is 2.35. The second-order valence-corrected chi connectivity index (χ2v) is 4.78. The molecule has 0 amide bonds. The summed E-state index contributed by atoms with van der Waals surface area (Å²) < 4.78 is 10.2. The molecule has 1 saturated heterocycles. The molecule has 0 aromatic carbocycles. The van der Waals surface area contributed by atoms with Gasteiger partial charge in [0.25, 0.3) is 0 Å². The summed E-state index contributed by atoms with van der Waals surface area (Å²) in [6, 6.07) is 0. The Morgan fingerprint density at radius 2 is 2.37 bits per heavy atom. The Morgan fingerprint density at radius 3 is 3.05 bits per heavy atom. The summed E-state index contributed by atoms with van der Waals surface area (Å²) in [5, 5.41) is 3.94. The maximum Gasteiger partial charge on any atom is 0.310 e. The number of hydrogen-bond acceptors (Lipinski definition) is 6. The van der Waals surface area contributed by atoms with Gasteiger partial charge in [0.2, 0.25) is 5.89 Å². The Hall–Kier alpha value is -1.43. The standard InChI is InChI=1S/C13H21N3O3/c1-3-12-14-11(15-19-12)9-16-7-5-6-10(8-16)13(17)18-4-2/h10H,3-9H2,1-2H3/t10-/m1/s1. The van der Waals surface area contributed by atoms with E-state index >= 15 is 0 Å². The van der Waals surface area contributed by atoms with Crippen molar-refractivity contribution >= 4 is 5.97 Å². The van der Waals surface area contributed by atoms with Gasteiger partial charge in [0, 0.05) is 13.0 Å². The van der Waals surface area contributed by atoms with Crippen LogP contribution < -0.4 is 0 Å². The molecule has 0 saturated carbocycles. The van der Waals surface area contributed by atoms with Crippen molar-refractivity contribution in [2.24, 2.45) is 5.92 Å². The van der Waals surface area contributed by atoms with E-state index in [9.17, 15) is 4.79 Å². The van der Waals surface area contributed by atoms with Crippen LogP contribution in [-0.4, -0.2) is 40.7 Å². The minimum atomic E-state index is -0.0884. The van der Waals surface area contributed by atoms with Crippen LogP contribution in [-0.2, 0) is 22.5 Å². The molecule has 0 radical (unpaired) electrons. The highest BCUT2D eigenvalue weighted by Crippen LogP contribution is 2.19. The van der Waals surface area contributed by atoms with Gasteiger partial charge in [-0.2, -0.15) is 4.98 Å². The van der Waals surface area contributed by atoms with Gasteiger partial charge in [0.15, 0.2) is 5.82 Å². The van der Waals surface area contributed by atoms with Crippen LogP contribution in [0.15, 0.2) is 4.52 Å². The van der Waals surface area contributed by atoms with Gasteiger partial charge in [-0.05, 0) is 26.3 Å². The van der Waals surface area contributed by atoms with E-state index in [0.717, 1.165) is 32.4 Å². The van der Waals surface area contributed by atoms with E-state index in [-0.39, 0.29) is 11.9 Å². The molecule has 0 unspecified atom stereocenters. The lowest BCUT2D eigenvalue weighted by atomic mass is 9.98. The first kappa shape index (κ1) is 14.0. The zero-order valence-corrected chi connectivity index (χ0v) is 11.6. The highest BCUT2D eigenvalue weighted by atomic mass is 16.5. The van der Waals surface area contributed by atoms with Gasteiger partial charge in [-0.1, -0.05) is 12.1 Å². The topological polar surface area (TPSA) is 68.5 Å². The monoisotopic (exact) mass is 267 g/mol. The fraction of sp³-hybridized carbons (Fsp3) is 0.769. The van der Waals surface area contributed by atoms with Crippen LogP contribution in [0.4, 0.5) is 0 Å². The van der Waals surface area contributed by atoms with Gasteiger partial charge in [0.05, 0.1) is 19.1 Å². The fourth-order valence-electron chi connectivity index (χ4n) is 2.35.